The van der Waals surface area contributed by atoms with Gasteiger partial charge in [0.1, 0.15) is 0 Å². The molecule has 0 saturated carbocycles. The monoisotopic (exact) mass is 214 g/mol. The molecule has 1 aromatic rings. The number of hydrogen-bond acceptors (Lipinski definition) is 1. The fourth-order valence-electron chi connectivity index (χ4n) is 2.35. The molecule has 0 fully saturated rings. The summed E-state index contributed by atoms with van der Waals surface area (Å²) in [5, 5.41) is 9.95. The van der Waals surface area contributed by atoms with Gasteiger partial charge >= 0.3 is 0 Å². The molecule has 1 aliphatic carbocycles. The second-order valence-corrected chi connectivity index (χ2v) is 4.35. The standard InChI is InChI=1S/C15H18O/c1-12(16)15(13-8-4-2-5-9-13)14-10-6-3-7-11-14/h2,4-12,14-16H,3H2,1H3. The van der Waals surface area contributed by atoms with Crippen LogP contribution in [0.1, 0.15) is 24.8 Å². The average Bonchev–Trinajstić information content (AvgIpc) is 2.31. The number of rotatable bonds is 3. The molecule has 0 heterocycles. The maximum Gasteiger partial charge on any atom is 0.0589 e. The maximum atomic E-state index is 9.95. The van der Waals surface area contributed by atoms with E-state index in [1.807, 2.05) is 25.1 Å². The Morgan fingerprint density at radius 1 is 1.12 bits per heavy atom. The van der Waals surface area contributed by atoms with Crippen molar-refractivity contribution in [2.24, 2.45) is 5.92 Å². The lowest BCUT2D eigenvalue weighted by atomic mass is 9.80. The van der Waals surface area contributed by atoms with E-state index in [1.54, 1.807) is 0 Å². The van der Waals surface area contributed by atoms with Crippen molar-refractivity contribution >= 4 is 0 Å². The van der Waals surface area contributed by atoms with Crippen LogP contribution < -0.4 is 0 Å². The molecule has 1 heteroatoms. The van der Waals surface area contributed by atoms with E-state index in [1.165, 1.54) is 5.56 Å². The van der Waals surface area contributed by atoms with Gasteiger partial charge < -0.3 is 5.11 Å². The molecule has 0 bridgehead atoms. The molecular weight excluding hydrogens is 196 g/mol. The van der Waals surface area contributed by atoms with Gasteiger partial charge in [-0.3, -0.25) is 0 Å². The van der Waals surface area contributed by atoms with Crippen molar-refractivity contribution in [3.63, 3.8) is 0 Å². The molecule has 1 N–H and O–H groups in total. The summed E-state index contributed by atoms with van der Waals surface area (Å²) in [7, 11) is 0. The fourth-order valence-corrected chi connectivity index (χ4v) is 2.35. The van der Waals surface area contributed by atoms with Gasteiger partial charge in [-0.15, -0.1) is 0 Å². The van der Waals surface area contributed by atoms with Crippen molar-refractivity contribution in [2.45, 2.75) is 25.4 Å². The smallest absolute Gasteiger partial charge is 0.0589 e. The van der Waals surface area contributed by atoms with Gasteiger partial charge in [0.15, 0.2) is 0 Å². The lowest BCUT2D eigenvalue weighted by Gasteiger charge is -2.26. The van der Waals surface area contributed by atoms with Crippen molar-refractivity contribution in [3.8, 4) is 0 Å². The Kier molecular flexibility index (Phi) is 3.58. The van der Waals surface area contributed by atoms with Crippen molar-refractivity contribution in [1.29, 1.82) is 0 Å². The Labute approximate surface area is 97.1 Å². The summed E-state index contributed by atoms with van der Waals surface area (Å²) in [6.45, 7) is 1.87. The predicted octanol–water partition coefficient (Wildman–Crippen LogP) is 3.28. The van der Waals surface area contributed by atoms with E-state index in [0.717, 1.165) is 6.42 Å². The summed E-state index contributed by atoms with van der Waals surface area (Å²) < 4.78 is 0. The quantitative estimate of drug-likeness (QED) is 0.765. The fraction of sp³-hybridized carbons (Fsp3) is 0.333. The molecule has 0 spiro atoms. The Balaban J connectivity index is 2.27. The molecular formula is C15H18O. The third-order valence-corrected chi connectivity index (χ3v) is 3.11. The minimum Gasteiger partial charge on any atom is -0.393 e. The number of aliphatic hydroxyl groups excluding tert-OH is 1. The van der Waals surface area contributed by atoms with E-state index in [0.29, 0.717) is 5.92 Å². The van der Waals surface area contributed by atoms with Crippen LogP contribution in [0.5, 0.6) is 0 Å². The van der Waals surface area contributed by atoms with E-state index in [4.69, 9.17) is 0 Å². The van der Waals surface area contributed by atoms with Crippen molar-refractivity contribution in [3.05, 3.63) is 60.2 Å². The Morgan fingerprint density at radius 2 is 1.75 bits per heavy atom. The summed E-state index contributed by atoms with van der Waals surface area (Å²) >= 11 is 0. The zero-order valence-corrected chi connectivity index (χ0v) is 9.58. The molecule has 0 amide bonds. The molecule has 0 aromatic heterocycles. The normalized spacial score (nSPS) is 19.6. The van der Waals surface area contributed by atoms with Gasteiger partial charge in [-0.25, -0.2) is 0 Å². The Morgan fingerprint density at radius 3 is 2.31 bits per heavy atom. The molecule has 0 radical (unpaired) electrons. The first kappa shape index (κ1) is 11.2. The Hall–Kier alpha value is -1.34. The number of aliphatic hydroxyl groups is 1. The highest BCUT2D eigenvalue weighted by Gasteiger charge is 2.24. The minimum atomic E-state index is -0.334. The summed E-state index contributed by atoms with van der Waals surface area (Å²) in [4.78, 5) is 0. The van der Waals surface area contributed by atoms with Gasteiger partial charge in [0.05, 0.1) is 6.10 Å². The lowest BCUT2D eigenvalue weighted by molar-refractivity contribution is 0.150. The third kappa shape index (κ3) is 2.42. The highest BCUT2D eigenvalue weighted by Crippen LogP contribution is 2.31. The highest BCUT2D eigenvalue weighted by atomic mass is 16.3. The van der Waals surface area contributed by atoms with Gasteiger partial charge in [-0.1, -0.05) is 54.6 Å². The van der Waals surface area contributed by atoms with Crippen LogP contribution in [0.2, 0.25) is 0 Å². The van der Waals surface area contributed by atoms with Crippen molar-refractivity contribution in [1.82, 2.24) is 0 Å². The Bertz CT molecular complexity index is 364. The van der Waals surface area contributed by atoms with Gasteiger partial charge in [0.25, 0.3) is 0 Å². The summed E-state index contributed by atoms with van der Waals surface area (Å²) in [6.07, 6.45) is 9.42. The molecule has 0 aliphatic heterocycles. The zero-order chi connectivity index (χ0) is 11.4. The number of benzene rings is 1. The van der Waals surface area contributed by atoms with Crippen molar-refractivity contribution < 1.29 is 5.11 Å². The largest absolute Gasteiger partial charge is 0.393 e. The van der Waals surface area contributed by atoms with Crippen LogP contribution in [0, 0.1) is 5.92 Å². The van der Waals surface area contributed by atoms with Gasteiger partial charge in [-0.05, 0) is 18.9 Å². The van der Waals surface area contributed by atoms with Crippen LogP contribution in [0.25, 0.3) is 0 Å². The van der Waals surface area contributed by atoms with E-state index in [2.05, 4.69) is 36.4 Å². The maximum absolute atomic E-state index is 9.95. The molecule has 1 nitrogen and oxygen atoms in total. The van der Waals surface area contributed by atoms with Gasteiger partial charge in [-0.2, -0.15) is 0 Å². The van der Waals surface area contributed by atoms with E-state index < -0.39 is 0 Å². The molecule has 0 saturated heterocycles. The number of hydrogen-bond donors (Lipinski definition) is 1. The van der Waals surface area contributed by atoms with Crippen LogP contribution in [0.15, 0.2) is 54.6 Å². The minimum absolute atomic E-state index is 0.161. The molecule has 1 aliphatic rings. The van der Waals surface area contributed by atoms with Crippen LogP contribution >= 0.6 is 0 Å². The topological polar surface area (TPSA) is 20.2 Å². The van der Waals surface area contributed by atoms with Crippen molar-refractivity contribution in [2.75, 3.05) is 0 Å². The van der Waals surface area contributed by atoms with Gasteiger partial charge in [0.2, 0.25) is 0 Å². The van der Waals surface area contributed by atoms with Crippen LogP contribution in [-0.2, 0) is 0 Å². The van der Waals surface area contributed by atoms with E-state index >= 15 is 0 Å². The van der Waals surface area contributed by atoms with E-state index in [9.17, 15) is 5.11 Å². The third-order valence-electron chi connectivity index (χ3n) is 3.11. The first-order valence-electron chi connectivity index (χ1n) is 5.85. The summed E-state index contributed by atoms with van der Waals surface area (Å²) in [5.41, 5.74) is 1.21. The molecule has 16 heavy (non-hydrogen) atoms. The average molecular weight is 214 g/mol. The summed E-state index contributed by atoms with van der Waals surface area (Å²) in [5.74, 6) is 0.477. The zero-order valence-electron chi connectivity index (χ0n) is 9.58. The highest BCUT2D eigenvalue weighted by molar-refractivity contribution is 5.26. The predicted molar refractivity (Wildman–Crippen MR) is 67.3 cm³/mol. The number of allylic oxidation sites excluding steroid dienone is 4. The first-order chi connectivity index (χ1) is 7.79. The van der Waals surface area contributed by atoms with Crippen LogP contribution in [-0.4, -0.2) is 11.2 Å². The van der Waals surface area contributed by atoms with E-state index in [-0.39, 0.29) is 12.0 Å². The molecule has 2 unspecified atom stereocenters. The van der Waals surface area contributed by atoms with Gasteiger partial charge in [0, 0.05) is 11.8 Å². The van der Waals surface area contributed by atoms with Crippen LogP contribution in [0.4, 0.5) is 0 Å². The SMILES string of the molecule is CC(O)C(c1ccccc1)C1C=CCC=C1. The van der Waals surface area contributed by atoms with Crippen LogP contribution in [0.3, 0.4) is 0 Å². The molecule has 2 atom stereocenters. The molecule has 2 rings (SSSR count). The molecule has 84 valence electrons. The second-order valence-electron chi connectivity index (χ2n) is 4.35. The molecule has 1 aromatic carbocycles. The lowest BCUT2D eigenvalue weighted by Crippen LogP contribution is -2.22. The second kappa shape index (κ2) is 5.13. The first-order valence-corrected chi connectivity index (χ1v) is 5.85. The summed E-state index contributed by atoms with van der Waals surface area (Å²) in [6, 6.07) is 10.2.